The summed E-state index contributed by atoms with van der Waals surface area (Å²) < 4.78 is 0. The second-order valence-electron chi connectivity index (χ2n) is 13.8. The predicted octanol–water partition coefficient (Wildman–Crippen LogP) is 13.6. The summed E-state index contributed by atoms with van der Waals surface area (Å²) >= 11 is 0. The summed E-state index contributed by atoms with van der Waals surface area (Å²) in [5.74, 6) is 0. The van der Waals surface area contributed by atoms with Gasteiger partial charge in [0.15, 0.2) is 0 Å². The second kappa shape index (κ2) is 12.1. The van der Waals surface area contributed by atoms with Crippen LogP contribution in [-0.4, -0.2) is 0 Å². The molecule has 0 unspecified atom stereocenters. The van der Waals surface area contributed by atoms with Crippen LogP contribution in [0.15, 0.2) is 188 Å². The molecule has 1 nitrogen and oxygen atoms in total. The third kappa shape index (κ3) is 5.19. The van der Waals surface area contributed by atoms with Crippen LogP contribution in [0.3, 0.4) is 0 Å². The Morgan fingerprint density at radius 1 is 0.320 bits per heavy atom. The Morgan fingerprint density at radius 2 is 0.840 bits per heavy atom. The van der Waals surface area contributed by atoms with Gasteiger partial charge in [-0.05, 0) is 121 Å². The van der Waals surface area contributed by atoms with E-state index >= 15 is 0 Å². The quantitative estimate of drug-likeness (QED) is 0.175. The van der Waals surface area contributed by atoms with Crippen molar-refractivity contribution < 1.29 is 0 Å². The molecule has 0 saturated heterocycles. The highest BCUT2D eigenvalue weighted by Crippen LogP contribution is 2.50. The average Bonchev–Trinajstić information content (AvgIpc) is 3.40. The summed E-state index contributed by atoms with van der Waals surface area (Å²) in [5, 5.41) is 2.50. The zero-order valence-corrected chi connectivity index (χ0v) is 28.3. The monoisotopic (exact) mass is 639 g/mol. The number of fused-ring (bicyclic) bond motifs is 4. The van der Waals surface area contributed by atoms with Gasteiger partial charge in [-0.25, -0.2) is 0 Å². The van der Waals surface area contributed by atoms with Crippen LogP contribution in [0.25, 0.3) is 55.3 Å². The van der Waals surface area contributed by atoms with E-state index < -0.39 is 0 Å². The summed E-state index contributed by atoms with van der Waals surface area (Å²) in [7, 11) is 0. The van der Waals surface area contributed by atoms with Gasteiger partial charge in [-0.15, -0.1) is 0 Å². The minimum atomic E-state index is -0.0579. The predicted molar refractivity (Wildman–Crippen MR) is 213 cm³/mol. The van der Waals surface area contributed by atoms with Crippen molar-refractivity contribution in [2.45, 2.75) is 19.3 Å². The highest BCUT2D eigenvalue weighted by molar-refractivity contribution is 5.96. The van der Waals surface area contributed by atoms with Gasteiger partial charge in [0, 0.05) is 22.5 Å². The maximum absolute atomic E-state index is 2.43. The maximum Gasteiger partial charge on any atom is 0.0473 e. The zero-order valence-electron chi connectivity index (χ0n) is 28.3. The molecule has 8 aromatic rings. The van der Waals surface area contributed by atoms with Gasteiger partial charge in [-0.2, -0.15) is 0 Å². The SMILES string of the molecule is CC1(C)c2ccccc2-c2cc3ccc(N(c4ccc(-c5ccccc5)cc4)c4cc(-c5ccccc5)cc(-c5ccccc5)c4)cc3cc21. The van der Waals surface area contributed by atoms with E-state index in [1.807, 2.05) is 0 Å². The van der Waals surface area contributed by atoms with E-state index in [9.17, 15) is 0 Å². The van der Waals surface area contributed by atoms with Crippen molar-refractivity contribution >= 4 is 27.8 Å². The lowest BCUT2D eigenvalue weighted by Gasteiger charge is -2.28. The van der Waals surface area contributed by atoms with E-state index in [2.05, 4.69) is 207 Å². The molecule has 0 spiro atoms. The van der Waals surface area contributed by atoms with Crippen molar-refractivity contribution in [1.82, 2.24) is 0 Å². The molecule has 0 saturated carbocycles. The molecule has 0 N–H and O–H groups in total. The smallest absolute Gasteiger partial charge is 0.0473 e. The van der Waals surface area contributed by atoms with E-state index in [1.165, 1.54) is 66.4 Å². The molecule has 50 heavy (non-hydrogen) atoms. The molecule has 1 aliphatic rings. The fourth-order valence-electron chi connectivity index (χ4n) is 7.79. The molecule has 238 valence electrons. The first-order valence-electron chi connectivity index (χ1n) is 17.4. The van der Waals surface area contributed by atoms with Crippen LogP contribution in [0.2, 0.25) is 0 Å². The molecule has 9 rings (SSSR count). The van der Waals surface area contributed by atoms with Crippen LogP contribution in [0.5, 0.6) is 0 Å². The van der Waals surface area contributed by atoms with Gasteiger partial charge in [0.1, 0.15) is 0 Å². The fraction of sp³-hybridized carbons (Fsp3) is 0.0612. The second-order valence-corrected chi connectivity index (χ2v) is 13.8. The lowest BCUT2D eigenvalue weighted by Crippen LogP contribution is -2.14. The van der Waals surface area contributed by atoms with Gasteiger partial charge in [0.2, 0.25) is 0 Å². The van der Waals surface area contributed by atoms with E-state index in [-0.39, 0.29) is 5.41 Å². The molecule has 0 amide bonds. The number of rotatable bonds is 6. The first kappa shape index (κ1) is 29.9. The van der Waals surface area contributed by atoms with E-state index in [0.29, 0.717) is 0 Å². The van der Waals surface area contributed by atoms with Crippen LogP contribution >= 0.6 is 0 Å². The Labute approximate surface area is 294 Å². The number of nitrogens with zero attached hydrogens (tertiary/aromatic N) is 1. The fourth-order valence-corrected chi connectivity index (χ4v) is 7.79. The van der Waals surface area contributed by atoms with Crippen LogP contribution in [0, 0.1) is 0 Å². The molecule has 0 heterocycles. The van der Waals surface area contributed by atoms with Crippen molar-refractivity contribution in [3.63, 3.8) is 0 Å². The highest BCUT2D eigenvalue weighted by Gasteiger charge is 2.35. The highest BCUT2D eigenvalue weighted by atomic mass is 15.1. The standard InChI is InChI=1S/C49H37N/c1-49(2)47-21-13-12-20-45(47)46-32-38-24-27-43(29-41(38)33-48(46)49)50(42-25-22-37(23-26-42)34-14-6-3-7-15-34)44-30-39(35-16-8-4-9-17-35)28-40(31-44)36-18-10-5-11-19-36/h3-33H,1-2H3. The number of anilines is 3. The van der Waals surface area contributed by atoms with Gasteiger partial charge in [-0.1, -0.05) is 147 Å². The third-order valence-corrected chi connectivity index (χ3v) is 10.4. The van der Waals surface area contributed by atoms with Gasteiger partial charge in [-0.3, -0.25) is 0 Å². The summed E-state index contributed by atoms with van der Waals surface area (Å²) in [4.78, 5) is 2.42. The molecule has 0 fully saturated rings. The van der Waals surface area contributed by atoms with Crippen molar-refractivity contribution in [2.75, 3.05) is 4.90 Å². The number of hydrogen-bond acceptors (Lipinski definition) is 1. The largest absolute Gasteiger partial charge is 0.310 e. The van der Waals surface area contributed by atoms with Crippen LogP contribution in [0.1, 0.15) is 25.0 Å². The Bertz CT molecular complexity index is 2420. The summed E-state index contributed by atoms with van der Waals surface area (Å²) in [5.41, 5.74) is 16.0. The Hall–Kier alpha value is -6.18. The lowest BCUT2D eigenvalue weighted by molar-refractivity contribution is 0.661. The van der Waals surface area contributed by atoms with E-state index in [4.69, 9.17) is 0 Å². The summed E-state index contributed by atoms with van der Waals surface area (Å²) in [6, 6.07) is 68.7. The average molecular weight is 640 g/mol. The van der Waals surface area contributed by atoms with Crippen LogP contribution in [0.4, 0.5) is 17.1 Å². The van der Waals surface area contributed by atoms with E-state index in [0.717, 1.165) is 17.1 Å². The molecule has 0 aromatic heterocycles. The van der Waals surface area contributed by atoms with Crippen molar-refractivity contribution in [1.29, 1.82) is 0 Å². The molecular weight excluding hydrogens is 603 g/mol. The Kier molecular flexibility index (Phi) is 7.21. The minimum Gasteiger partial charge on any atom is -0.310 e. The van der Waals surface area contributed by atoms with Crippen molar-refractivity contribution in [2.24, 2.45) is 0 Å². The number of benzene rings is 8. The zero-order chi connectivity index (χ0) is 33.7. The Balaban J connectivity index is 1.24. The third-order valence-electron chi connectivity index (χ3n) is 10.4. The molecule has 8 aromatic carbocycles. The molecule has 0 aliphatic heterocycles. The topological polar surface area (TPSA) is 3.24 Å². The first-order chi connectivity index (χ1) is 24.5. The van der Waals surface area contributed by atoms with Gasteiger partial charge in [0.05, 0.1) is 0 Å². The van der Waals surface area contributed by atoms with Crippen LogP contribution < -0.4 is 4.90 Å². The summed E-state index contributed by atoms with van der Waals surface area (Å²) in [6.07, 6.45) is 0. The van der Waals surface area contributed by atoms with Gasteiger partial charge in [0.25, 0.3) is 0 Å². The minimum absolute atomic E-state index is 0.0579. The van der Waals surface area contributed by atoms with Crippen molar-refractivity contribution in [3.8, 4) is 44.5 Å². The molecule has 0 atom stereocenters. The molecule has 1 aliphatic carbocycles. The van der Waals surface area contributed by atoms with Crippen molar-refractivity contribution in [3.05, 3.63) is 199 Å². The van der Waals surface area contributed by atoms with Gasteiger partial charge < -0.3 is 4.90 Å². The molecule has 0 radical (unpaired) electrons. The normalized spacial score (nSPS) is 12.8. The van der Waals surface area contributed by atoms with Crippen LogP contribution in [-0.2, 0) is 5.41 Å². The molecule has 0 bridgehead atoms. The maximum atomic E-state index is 2.43. The molecule has 1 heteroatoms. The Morgan fingerprint density at radius 3 is 1.46 bits per heavy atom. The van der Waals surface area contributed by atoms with Gasteiger partial charge >= 0.3 is 0 Å². The summed E-state index contributed by atoms with van der Waals surface area (Å²) in [6.45, 7) is 4.71. The number of hydrogen-bond donors (Lipinski definition) is 0. The van der Waals surface area contributed by atoms with E-state index in [1.54, 1.807) is 0 Å². The lowest BCUT2D eigenvalue weighted by atomic mass is 9.82. The molecular formula is C49H37N. The first-order valence-corrected chi connectivity index (χ1v) is 17.4.